The molecule has 42 heteroatoms. The summed E-state index contributed by atoms with van der Waals surface area (Å²) in [7, 11) is 0. The van der Waals surface area contributed by atoms with Gasteiger partial charge in [0.25, 0.3) is 0 Å². The molecule has 8 fully saturated rings. The summed E-state index contributed by atoms with van der Waals surface area (Å²) < 4.78 is 73.0. The number of hydrogen-bond acceptors (Lipinski definition) is 38. The fourth-order valence-corrected chi connectivity index (χ4v) is 12.9. The Kier molecular flexibility index (Phi) is 29.5. The van der Waals surface area contributed by atoms with E-state index in [1.807, 2.05) is 0 Å². The van der Waals surface area contributed by atoms with Crippen LogP contribution in [0.3, 0.4) is 0 Å². The molecule has 0 aromatic carbocycles. The van der Waals surface area contributed by atoms with Crippen molar-refractivity contribution in [3.8, 4) is 0 Å². The summed E-state index contributed by atoms with van der Waals surface area (Å²) in [5, 5.41) is 144. The third kappa shape index (κ3) is 17.8. The number of rotatable bonds is 24. The topological polar surface area (TPSA) is 714 Å². The number of aliphatic hydroxyl groups is 12. The summed E-state index contributed by atoms with van der Waals surface area (Å²) in [6, 6.07) is -9.18. The minimum atomic E-state index is -1.71. The summed E-state index contributed by atoms with van der Waals surface area (Å²) in [5.41, 5.74) is 73.7. The second-order valence-corrected chi connectivity index (χ2v) is 25.6. The lowest BCUT2D eigenvalue weighted by atomic mass is 9.84. The molecule has 0 aromatic rings. The molecule has 2 aliphatic carbocycles. The zero-order valence-corrected chi connectivity index (χ0v) is 52.4. The number of ether oxygens (including phenoxy) is 12. The fourth-order valence-electron chi connectivity index (χ4n) is 12.5. The Hall–Kier alpha value is -2.06. The van der Waals surface area contributed by atoms with Crippen LogP contribution in [0.2, 0.25) is 0 Å². The Labute approximate surface area is 552 Å². The van der Waals surface area contributed by atoms with Crippen LogP contribution in [0.1, 0.15) is 26.7 Å². The summed E-state index contributed by atoms with van der Waals surface area (Å²) in [5.74, 6) is 0. The van der Waals surface area contributed by atoms with Crippen LogP contribution in [0.5, 0.6) is 0 Å². The van der Waals surface area contributed by atoms with Crippen molar-refractivity contribution in [2.45, 2.75) is 259 Å². The van der Waals surface area contributed by atoms with Gasteiger partial charge in [0.2, 0.25) is 0 Å². The molecule has 0 amide bonds. The molecule has 548 valence electrons. The first-order valence-corrected chi connectivity index (χ1v) is 31.8. The molecular formula is C52H104N16O24S2. The first kappa shape index (κ1) is 79.3. The van der Waals surface area contributed by atoms with Crippen LogP contribution < -0.4 is 90.1 Å². The Morgan fingerprint density at radius 2 is 0.574 bits per heavy atom. The molecule has 0 bridgehead atoms. The highest BCUT2D eigenvalue weighted by molar-refractivity contribution is 7.80. The Morgan fingerprint density at radius 1 is 0.319 bits per heavy atom. The molecule has 6 heterocycles. The molecule has 40 nitrogen and oxygen atoms in total. The number of hydrogen-bond donors (Lipinski definition) is 28. The van der Waals surface area contributed by atoms with Crippen molar-refractivity contribution in [2.24, 2.45) is 68.8 Å². The highest BCUT2D eigenvalue weighted by atomic mass is 32.1. The van der Waals surface area contributed by atoms with Crippen LogP contribution in [0, 0.1) is 0 Å². The first-order chi connectivity index (χ1) is 44.0. The van der Waals surface area contributed by atoms with Crippen molar-refractivity contribution < 1.29 is 118 Å². The fraction of sp³-hybridized carbons (Fsp3) is 0.962. The lowest BCUT2D eigenvalue weighted by Gasteiger charge is -2.47. The van der Waals surface area contributed by atoms with Gasteiger partial charge in [-0.2, -0.15) is 0 Å². The molecule has 0 aromatic heterocycles. The standard InChI is InChI=1S/C51H100N16O24S2.CH4/c52-6-16-28(70)32(74)22(60)44(80-16)86-38-14(58)4-12(56)26(68)42(38)90-48-36(78)40(88-46-24(62)34(76)30(72)18(8-54)82-46)20(84-48)10-66-50(92)64-2-1-3-65-51(93)67-11-21-41(89-47-25(63)35(77)31(73)19(9-55)83-47)37(79)49(85-21)91-43-27(69)13(57)5-15(59)39(43)87-45-23(61)33(75)29(71)17(7-53)81-45;/h12-49,68-79H,1-11,52-63H2,(H2,64,66,92)(H2,65,67,93);1H4/t12-,13+,14?,15?,16?,17?,18+,19-,20-,21-,22?,23?,24?,25?,26?,27+,28?,29?,30?,31?,32-,33-,34?,35?,36+,37?,38?,39?,40?,41?,42-,43?,44-,45+,46-,47+,48+,49+;/m1./s1. The van der Waals surface area contributed by atoms with Crippen molar-refractivity contribution in [1.82, 2.24) is 21.3 Å². The maximum atomic E-state index is 11.9. The summed E-state index contributed by atoms with van der Waals surface area (Å²) in [6.07, 6.45) is -42.1. The average Bonchev–Trinajstić information content (AvgIpc) is 1.48. The molecule has 6 aliphatic heterocycles. The van der Waals surface area contributed by atoms with E-state index in [9.17, 15) is 61.3 Å². The van der Waals surface area contributed by atoms with Crippen LogP contribution in [-0.2, 0) is 56.8 Å². The largest absolute Gasteiger partial charge is 0.389 e. The van der Waals surface area contributed by atoms with Gasteiger partial charge in [-0.05, 0) is 43.7 Å². The number of thiocarbonyl (C=S) groups is 2. The van der Waals surface area contributed by atoms with Crippen molar-refractivity contribution in [1.29, 1.82) is 0 Å². The van der Waals surface area contributed by atoms with Crippen LogP contribution in [-0.4, -0.2) is 356 Å². The highest BCUT2D eigenvalue weighted by Gasteiger charge is 2.57. The normalized spacial score (nSPS) is 49.1. The molecule has 38 atom stereocenters. The predicted octanol–water partition coefficient (Wildman–Crippen LogP) is -16.8. The van der Waals surface area contributed by atoms with Crippen molar-refractivity contribution in [3.05, 3.63) is 0 Å². The van der Waals surface area contributed by atoms with Gasteiger partial charge in [-0.3, -0.25) is 0 Å². The molecule has 40 N–H and O–H groups in total. The maximum absolute atomic E-state index is 11.9. The van der Waals surface area contributed by atoms with E-state index in [1.54, 1.807) is 0 Å². The number of nitrogens with two attached hydrogens (primary N) is 12. The van der Waals surface area contributed by atoms with Gasteiger partial charge in [0.1, 0.15) is 134 Å². The highest BCUT2D eigenvalue weighted by Crippen LogP contribution is 2.37. The van der Waals surface area contributed by atoms with Crippen molar-refractivity contribution in [3.63, 3.8) is 0 Å². The first-order valence-electron chi connectivity index (χ1n) is 31.0. The lowest BCUT2D eigenvalue weighted by molar-refractivity contribution is -0.306. The van der Waals surface area contributed by atoms with Gasteiger partial charge in [-0.1, -0.05) is 7.43 Å². The monoisotopic (exact) mass is 1400 g/mol. The molecule has 6 saturated heterocycles. The number of aliphatic hydroxyl groups excluding tert-OH is 12. The predicted molar refractivity (Wildman–Crippen MR) is 331 cm³/mol. The van der Waals surface area contributed by atoms with Crippen LogP contribution >= 0.6 is 24.4 Å². The second kappa shape index (κ2) is 35.0. The van der Waals surface area contributed by atoms with E-state index >= 15 is 0 Å². The van der Waals surface area contributed by atoms with E-state index < -0.39 is 233 Å². The minimum absolute atomic E-state index is 0. The van der Waals surface area contributed by atoms with E-state index in [2.05, 4.69) is 21.3 Å². The van der Waals surface area contributed by atoms with Gasteiger partial charge in [0.05, 0.1) is 36.4 Å². The summed E-state index contributed by atoms with van der Waals surface area (Å²) >= 11 is 11.2. The smallest absolute Gasteiger partial charge is 0.187 e. The van der Waals surface area contributed by atoms with Crippen molar-refractivity contribution >= 4 is 34.7 Å². The Balaban J connectivity index is 0.0000125. The van der Waals surface area contributed by atoms with Gasteiger partial charge in [0.15, 0.2) is 48.0 Å². The third-order valence-corrected chi connectivity index (χ3v) is 18.8. The Bertz CT molecular complexity index is 2200. The van der Waals surface area contributed by atoms with Gasteiger partial charge < -0.3 is 208 Å². The Morgan fingerprint density at radius 3 is 0.851 bits per heavy atom. The lowest BCUT2D eigenvalue weighted by Crippen LogP contribution is -2.68. The van der Waals surface area contributed by atoms with Crippen LogP contribution in [0.25, 0.3) is 0 Å². The van der Waals surface area contributed by atoms with Gasteiger partial charge in [-0.15, -0.1) is 0 Å². The summed E-state index contributed by atoms with van der Waals surface area (Å²) in [6.45, 7) is -0.837. The zero-order chi connectivity index (χ0) is 68.2. The molecule has 0 spiro atoms. The van der Waals surface area contributed by atoms with E-state index in [4.69, 9.17) is 150 Å². The van der Waals surface area contributed by atoms with Crippen LogP contribution in [0.15, 0.2) is 0 Å². The minimum Gasteiger partial charge on any atom is -0.389 e. The SMILES string of the molecule is C.NCC1O[C@H](OC2C(N)C[C@@H](N)C(O)[C@H]2O[C@@H]2O[C@H](CNC(=S)NCCCNC(=S)NC[C@H]3O[C@@H](OC4C(O[C@@H]5OC(CN)C(O)[C@H](O)C5N)C(N)C[C@H](N)[C@@H]4O)C(O)C3O[C@@H]3O[C@H](CN)C(O)C(O)C3N)C(O[C@H]3O[C@@H](CN)C(O)C(O)C3N)[C@@H]2O)C(N)[C@@H](O)C1O. The maximum Gasteiger partial charge on any atom is 0.187 e. The third-order valence-electron chi connectivity index (χ3n) is 18.2. The average molecular weight is 1400 g/mol. The molecular weight excluding hydrogens is 1300 g/mol. The van der Waals surface area contributed by atoms with E-state index in [-0.39, 0.29) is 82.9 Å². The molecule has 8 aliphatic rings. The molecule has 0 radical (unpaired) electrons. The van der Waals surface area contributed by atoms with Gasteiger partial charge >= 0.3 is 0 Å². The van der Waals surface area contributed by atoms with E-state index in [0.717, 1.165) is 0 Å². The van der Waals surface area contributed by atoms with Gasteiger partial charge in [0, 0.05) is 76.5 Å². The van der Waals surface area contributed by atoms with Crippen molar-refractivity contribution in [2.75, 3.05) is 52.4 Å². The molecule has 21 unspecified atom stereocenters. The van der Waals surface area contributed by atoms with E-state index in [1.165, 1.54) is 0 Å². The molecule has 2 saturated carbocycles. The second-order valence-electron chi connectivity index (χ2n) is 24.8. The number of nitrogens with one attached hydrogen (secondary N) is 4. The van der Waals surface area contributed by atoms with Gasteiger partial charge in [-0.25, -0.2) is 0 Å². The van der Waals surface area contributed by atoms with E-state index in [0.29, 0.717) is 6.42 Å². The van der Waals surface area contributed by atoms with Crippen LogP contribution in [0.4, 0.5) is 0 Å². The molecule has 8 rings (SSSR count). The quantitative estimate of drug-likeness (QED) is 0.0315. The zero-order valence-electron chi connectivity index (χ0n) is 50.7. The summed E-state index contributed by atoms with van der Waals surface area (Å²) in [4.78, 5) is 0. The molecule has 94 heavy (non-hydrogen) atoms.